The highest BCUT2D eigenvalue weighted by atomic mass is 16.3. The largest absolute Gasteiger partial charge is 0.469 e. The Bertz CT molecular complexity index is 387. The molecule has 114 valence electrons. The quantitative estimate of drug-likeness (QED) is 0.837. The molecule has 1 atom stereocenters. The summed E-state index contributed by atoms with van der Waals surface area (Å²) in [6.45, 7) is 7.49. The van der Waals surface area contributed by atoms with Crippen molar-refractivity contribution >= 4 is 0 Å². The zero-order valence-electron chi connectivity index (χ0n) is 13.1. The van der Waals surface area contributed by atoms with Crippen LogP contribution in [0, 0.1) is 5.41 Å². The number of hydrogen-bond donors (Lipinski definition) is 2. The van der Waals surface area contributed by atoms with Gasteiger partial charge in [0.25, 0.3) is 0 Å². The third kappa shape index (κ3) is 4.64. The summed E-state index contributed by atoms with van der Waals surface area (Å²) in [4.78, 5) is 0. The van der Waals surface area contributed by atoms with Crippen LogP contribution in [-0.2, 0) is 6.42 Å². The van der Waals surface area contributed by atoms with Gasteiger partial charge in [0, 0.05) is 19.0 Å². The first kappa shape index (κ1) is 15.6. The third-order valence-corrected chi connectivity index (χ3v) is 4.72. The summed E-state index contributed by atoms with van der Waals surface area (Å²) in [6.07, 6.45) is 7.77. The molecule has 1 aromatic rings. The van der Waals surface area contributed by atoms with Gasteiger partial charge in [-0.05, 0) is 56.6 Å². The summed E-state index contributed by atoms with van der Waals surface area (Å²) in [5.41, 5.74) is -0.106. The van der Waals surface area contributed by atoms with Crippen LogP contribution in [0.4, 0.5) is 0 Å². The summed E-state index contributed by atoms with van der Waals surface area (Å²) < 4.78 is 5.34. The van der Waals surface area contributed by atoms with Crippen molar-refractivity contribution in [2.24, 2.45) is 5.41 Å². The smallest absolute Gasteiger partial charge is 0.103 e. The van der Waals surface area contributed by atoms with Crippen molar-refractivity contribution in [2.45, 2.75) is 70.9 Å². The van der Waals surface area contributed by atoms with Gasteiger partial charge >= 0.3 is 0 Å². The van der Waals surface area contributed by atoms with Gasteiger partial charge in [0.05, 0.1) is 11.9 Å². The van der Waals surface area contributed by atoms with Crippen molar-refractivity contribution in [2.75, 3.05) is 6.54 Å². The van der Waals surface area contributed by atoms with E-state index in [9.17, 15) is 5.11 Å². The average molecular weight is 279 g/mol. The fraction of sp³-hybridized carbons (Fsp3) is 0.765. The number of nitrogens with one attached hydrogen (secondary N) is 1. The van der Waals surface area contributed by atoms with E-state index in [2.05, 4.69) is 26.1 Å². The van der Waals surface area contributed by atoms with E-state index in [0.29, 0.717) is 18.0 Å². The number of aliphatic hydroxyl groups is 1. The molecule has 1 saturated carbocycles. The zero-order chi connectivity index (χ0) is 14.6. The van der Waals surface area contributed by atoms with E-state index in [1.807, 2.05) is 12.1 Å². The Balaban J connectivity index is 1.69. The monoisotopic (exact) mass is 279 g/mol. The Morgan fingerprint density at radius 3 is 2.60 bits per heavy atom. The first-order valence-electron chi connectivity index (χ1n) is 7.87. The van der Waals surface area contributed by atoms with Crippen LogP contribution in [0.1, 0.15) is 58.6 Å². The van der Waals surface area contributed by atoms with Crippen molar-refractivity contribution in [3.8, 4) is 0 Å². The molecule has 20 heavy (non-hydrogen) atoms. The fourth-order valence-corrected chi connectivity index (χ4v) is 2.85. The average Bonchev–Trinajstić information content (AvgIpc) is 2.92. The number of furan rings is 1. The minimum absolute atomic E-state index is 0.400. The van der Waals surface area contributed by atoms with Crippen LogP contribution in [0.15, 0.2) is 22.8 Å². The van der Waals surface area contributed by atoms with Gasteiger partial charge in [0.15, 0.2) is 0 Å². The lowest BCUT2D eigenvalue weighted by Gasteiger charge is -2.40. The molecule has 1 unspecified atom stereocenters. The van der Waals surface area contributed by atoms with Gasteiger partial charge in [0.2, 0.25) is 0 Å². The van der Waals surface area contributed by atoms with E-state index in [0.717, 1.165) is 44.3 Å². The second-order valence-electron chi connectivity index (χ2n) is 7.29. The van der Waals surface area contributed by atoms with Crippen LogP contribution in [0.3, 0.4) is 0 Å². The predicted molar refractivity (Wildman–Crippen MR) is 81.7 cm³/mol. The fourth-order valence-electron chi connectivity index (χ4n) is 2.85. The lowest BCUT2D eigenvalue weighted by atomic mass is 9.71. The Morgan fingerprint density at radius 1 is 1.30 bits per heavy atom. The molecule has 0 aromatic carbocycles. The molecule has 2 rings (SSSR count). The van der Waals surface area contributed by atoms with E-state index in [-0.39, 0.29) is 0 Å². The highest BCUT2D eigenvalue weighted by Crippen LogP contribution is 2.39. The molecular formula is C17H29NO2. The van der Waals surface area contributed by atoms with Gasteiger partial charge in [0.1, 0.15) is 5.76 Å². The highest BCUT2D eigenvalue weighted by Gasteiger charge is 2.36. The second kappa shape index (κ2) is 6.31. The van der Waals surface area contributed by atoms with E-state index in [1.54, 1.807) is 6.26 Å². The van der Waals surface area contributed by atoms with E-state index >= 15 is 0 Å². The summed E-state index contributed by atoms with van der Waals surface area (Å²) in [6, 6.07) is 4.35. The van der Waals surface area contributed by atoms with Gasteiger partial charge < -0.3 is 14.8 Å². The van der Waals surface area contributed by atoms with Gasteiger partial charge in [-0.1, -0.05) is 13.8 Å². The predicted octanol–water partition coefficient (Wildman–Crippen LogP) is 3.52. The van der Waals surface area contributed by atoms with Gasteiger partial charge in [-0.25, -0.2) is 0 Å². The van der Waals surface area contributed by atoms with E-state index in [4.69, 9.17) is 4.42 Å². The Morgan fingerprint density at radius 2 is 2.00 bits per heavy atom. The van der Waals surface area contributed by atoms with Crippen molar-refractivity contribution in [3.05, 3.63) is 24.2 Å². The number of hydrogen-bond acceptors (Lipinski definition) is 3. The highest BCUT2D eigenvalue weighted by molar-refractivity contribution is 4.98. The molecule has 0 radical (unpaired) electrons. The first-order valence-corrected chi connectivity index (χ1v) is 7.87. The maximum atomic E-state index is 10.6. The molecule has 1 aliphatic carbocycles. The molecule has 1 aromatic heterocycles. The summed E-state index contributed by atoms with van der Waals surface area (Å²) >= 11 is 0. The SMILES string of the molecule is CC(CCc1ccco1)NCC1(O)CCC(C)(C)CC1. The van der Waals surface area contributed by atoms with Crippen molar-refractivity contribution in [1.29, 1.82) is 0 Å². The Kier molecular flexibility index (Phi) is 4.92. The lowest BCUT2D eigenvalue weighted by Crippen LogP contribution is -2.47. The standard InChI is InChI=1S/C17H29NO2/c1-14(6-7-15-5-4-12-20-15)18-13-17(19)10-8-16(2,3)9-11-17/h4-5,12,14,18-19H,6-11,13H2,1-3H3. The maximum Gasteiger partial charge on any atom is 0.103 e. The summed E-state index contributed by atoms with van der Waals surface area (Å²) in [5, 5.41) is 14.1. The molecule has 1 heterocycles. The molecular weight excluding hydrogens is 250 g/mol. The van der Waals surface area contributed by atoms with Crippen LogP contribution in [0.2, 0.25) is 0 Å². The number of aryl methyl sites for hydroxylation is 1. The first-order chi connectivity index (χ1) is 9.39. The molecule has 3 nitrogen and oxygen atoms in total. The van der Waals surface area contributed by atoms with Crippen LogP contribution in [0.5, 0.6) is 0 Å². The summed E-state index contributed by atoms with van der Waals surface area (Å²) in [5.74, 6) is 1.04. The normalized spacial score (nSPS) is 22.6. The van der Waals surface area contributed by atoms with Crippen LogP contribution in [-0.4, -0.2) is 23.3 Å². The molecule has 1 aliphatic rings. The van der Waals surface area contributed by atoms with Crippen LogP contribution in [0.25, 0.3) is 0 Å². The Hall–Kier alpha value is -0.800. The molecule has 2 N–H and O–H groups in total. The molecule has 1 fully saturated rings. The third-order valence-electron chi connectivity index (χ3n) is 4.72. The van der Waals surface area contributed by atoms with Crippen molar-refractivity contribution in [3.63, 3.8) is 0 Å². The molecule has 0 spiro atoms. The van der Waals surface area contributed by atoms with E-state index in [1.165, 1.54) is 0 Å². The van der Waals surface area contributed by atoms with Gasteiger partial charge in [-0.2, -0.15) is 0 Å². The zero-order valence-corrected chi connectivity index (χ0v) is 13.1. The van der Waals surface area contributed by atoms with Crippen molar-refractivity contribution in [1.82, 2.24) is 5.32 Å². The van der Waals surface area contributed by atoms with Crippen LogP contribution >= 0.6 is 0 Å². The minimum Gasteiger partial charge on any atom is -0.469 e. The van der Waals surface area contributed by atoms with Gasteiger partial charge in [-0.3, -0.25) is 0 Å². The summed E-state index contributed by atoms with van der Waals surface area (Å²) in [7, 11) is 0. The molecule has 0 aliphatic heterocycles. The van der Waals surface area contributed by atoms with Crippen molar-refractivity contribution < 1.29 is 9.52 Å². The molecule has 0 bridgehead atoms. The topological polar surface area (TPSA) is 45.4 Å². The van der Waals surface area contributed by atoms with Crippen LogP contribution < -0.4 is 5.32 Å². The van der Waals surface area contributed by atoms with E-state index < -0.39 is 5.60 Å². The Labute approximate surface area is 122 Å². The molecule has 0 amide bonds. The second-order valence-corrected chi connectivity index (χ2v) is 7.29. The minimum atomic E-state index is -0.505. The van der Waals surface area contributed by atoms with Gasteiger partial charge in [-0.15, -0.1) is 0 Å². The molecule has 0 saturated heterocycles. The number of rotatable bonds is 6. The lowest BCUT2D eigenvalue weighted by molar-refractivity contribution is -0.0259. The maximum absolute atomic E-state index is 10.6. The molecule has 3 heteroatoms.